The Morgan fingerprint density at radius 1 is 1.88 bits per heavy atom. The zero-order chi connectivity index (χ0) is 6.99. The summed E-state index contributed by atoms with van der Waals surface area (Å²) in [5.74, 6) is -0.833. The van der Waals surface area contributed by atoms with E-state index < -0.39 is 5.97 Å². The maximum absolute atomic E-state index is 9.00. The molecule has 2 nitrogen and oxygen atoms in total. The topological polar surface area (TPSA) is 37.3 Å². The molecule has 0 radical (unpaired) electrons. The van der Waals surface area contributed by atoms with Crippen molar-refractivity contribution in [3.05, 3.63) is 0 Å². The zero-order valence-electron chi connectivity index (χ0n) is 5.15. The van der Waals surface area contributed by atoms with Gasteiger partial charge in [-0.15, -0.1) is 0 Å². The van der Waals surface area contributed by atoms with Crippen molar-refractivity contribution in [1.29, 1.82) is 0 Å². The van der Waals surface area contributed by atoms with Crippen molar-refractivity contribution >= 4 is 49.8 Å². The summed E-state index contributed by atoms with van der Waals surface area (Å²) in [6.07, 6.45) is 0. The third-order valence-electron chi connectivity index (χ3n) is 0.189. The number of halogens is 1. The van der Waals surface area contributed by atoms with E-state index in [9.17, 15) is 0 Å². The van der Waals surface area contributed by atoms with Gasteiger partial charge in [-0.2, -0.15) is 0 Å². The van der Waals surface area contributed by atoms with E-state index in [0.29, 0.717) is 0 Å². The Kier molecular flexibility index (Phi) is 15.9. The molecule has 0 rings (SSSR count). The summed E-state index contributed by atoms with van der Waals surface area (Å²) < 4.78 is 1.38. The van der Waals surface area contributed by atoms with Gasteiger partial charge >= 0.3 is 52.9 Å². The minimum atomic E-state index is -0.833. The van der Waals surface area contributed by atoms with Gasteiger partial charge in [-0.3, -0.25) is 4.79 Å². The second kappa shape index (κ2) is 10.8. The van der Waals surface area contributed by atoms with Gasteiger partial charge in [0.2, 0.25) is 0 Å². The quantitative estimate of drug-likeness (QED) is 0.497. The van der Waals surface area contributed by atoms with Crippen molar-refractivity contribution in [1.82, 2.24) is 0 Å². The van der Waals surface area contributed by atoms with E-state index >= 15 is 0 Å². The Hall–Kier alpha value is 0.950. The van der Waals surface area contributed by atoms with Gasteiger partial charge in [0.25, 0.3) is 5.97 Å². The van der Waals surface area contributed by atoms with Crippen LogP contribution in [0.1, 0.15) is 6.92 Å². The van der Waals surface area contributed by atoms with E-state index in [1.807, 2.05) is 0 Å². The Labute approximate surface area is 75.2 Å². The Balaban J connectivity index is 0. The zero-order valence-corrected chi connectivity index (χ0v) is 8.73. The van der Waals surface area contributed by atoms with Crippen molar-refractivity contribution in [3.63, 3.8) is 0 Å². The fourth-order valence-electron chi connectivity index (χ4n) is 0. The van der Waals surface area contributed by atoms with E-state index in [0.717, 1.165) is 6.92 Å². The number of carboxylic acid groups (broad SMARTS) is 1. The first-order chi connectivity index (χ1) is 3.65. The fourth-order valence-corrected chi connectivity index (χ4v) is 0. The van der Waals surface area contributed by atoms with Gasteiger partial charge in [0.15, 0.2) is 0 Å². The number of hydrogen-bond donors (Lipinski definition) is 1. The first-order valence-corrected chi connectivity index (χ1v) is 4.94. The van der Waals surface area contributed by atoms with Crippen molar-refractivity contribution in [2.45, 2.75) is 10.6 Å². The summed E-state index contributed by atoms with van der Waals surface area (Å²) in [4.78, 5) is 9.00. The van der Waals surface area contributed by atoms with Gasteiger partial charge < -0.3 is 5.11 Å². The summed E-state index contributed by atoms with van der Waals surface area (Å²) in [6, 6.07) is 0. The summed E-state index contributed by atoms with van der Waals surface area (Å²) in [7, 11) is 0. The number of aliphatic carboxylic acids is 1. The van der Waals surface area contributed by atoms with Gasteiger partial charge in [0, 0.05) is 6.92 Å². The van der Waals surface area contributed by atoms with Crippen LogP contribution in [0.3, 0.4) is 0 Å². The van der Waals surface area contributed by atoms with Crippen LogP contribution < -0.4 is 0 Å². The van der Waals surface area contributed by atoms with Crippen molar-refractivity contribution in [3.8, 4) is 0 Å². The van der Waals surface area contributed by atoms with Crippen LogP contribution in [0.25, 0.3) is 0 Å². The van der Waals surface area contributed by atoms with Crippen molar-refractivity contribution in [2.75, 3.05) is 5.33 Å². The summed E-state index contributed by atoms with van der Waals surface area (Å²) >= 11 is 4.63. The summed E-state index contributed by atoms with van der Waals surface area (Å²) in [6.45, 7) is 1.08. The Bertz CT molecular complexity index is 52.0. The fraction of sp³-hybridized carbons (Fsp3) is 0.750. The molecular formula is C4H8BrNaO2. The Morgan fingerprint density at radius 3 is 2.00 bits per heavy atom. The molecule has 1 N–H and O–H groups in total. The summed E-state index contributed by atoms with van der Waals surface area (Å²) in [5.41, 5.74) is 0. The monoisotopic (exact) mass is 190 g/mol. The molecule has 0 fully saturated rings. The molecule has 0 aliphatic heterocycles. The molecule has 0 aromatic heterocycles. The molecule has 0 aliphatic rings. The van der Waals surface area contributed by atoms with Gasteiger partial charge in [-0.1, -0.05) is 0 Å². The van der Waals surface area contributed by atoms with Crippen LogP contribution in [0, 0.1) is 0 Å². The number of rotatable bonds is 1. The van der Waals surface area contributed by atoms with Crippen LogP contribution in [-0.2, 0) is 4.79 Å². The molecular weight excluding hydrogens is 183 g/mol. The standard InChI is InChI=1S/C2H4Br.C2H4O2.Na/c1-2-3;1-2(3)4;/h1-2H2;1H3,(H,3,4);. The van der Waals surface area contributed by atoms with Gasteiger partial charge in [-0.05, 0) is 0 Å². The van der Waals surface area contributed by atoms with E-state index in [2.05, 4.69) is 15.9 Å². The predicted molar refractivity (Wildman–Crippen MR) is 37.7 cm³/mol. The van der Waals surface area contributed by atoms with E-state index in [-0.39, 0.29) is 0 Å². The molecule has 4 heteroatoms. The first-order valence-electron chi connectivity index (χ1n) is 2.40. The Morgan fingerprint density at radius 2 is 2.00 bits per heavy atom. The van der Waals surface area contributed by atoms with Crippen LogP contribution in [0.4, 0.5) is 0 Å². The van der Waals surface area contributed by atoms with Crippen molar-refractivity contribution in [2.24, 2.45) is 0 Å². The van der Waals surface area contributed by atoms with E-state index in [4.69, 9.17) is 9.90 Å². The number of carbonyl (C=O) groups is 1. The molecule has 44 valence electrons. The van der Waals surface area contributed by atoms with Crippen molar-refractivity contribution < 1.29 is 9.90 Å². The second-order valence-electron chi connectivity index (χ2n) is 1.21. The van der Waals surface area contributed by atoms with E-state index in [1.165, 1.54) is 36.9 Å². The molecule has 0 heterocycles. The maximum atomic E-state index is 9.00. The third kappa shape index (κ3) is 64.7. The molecule has 0 spiro atoms. The molecule has 8 heavy (non-hydrogen) atoms. The van der Waals surface area contributed by atoms with Crippen LogP contribution >= 0.6 is 15.9 Å². The minimum absolute atomic E-state index is 0.833. The molecule has 0 amide bonds. The van der Waals surface area contributed by atoms with Gasteiger partial charge in [-0.25, -0.2) is 0 Å². The SMILES string of the molecule is CC(=O)O.[Na][CH2]CBr. The van der Waals surface area contributed by atoms with Gasteiger partial charge in [0.05, 0.1) is 0 Å². The molecule has 0 bridgehead atoms. The van der Waals surface area contributed by atoms with Crippen LogP contribution in [0.15, 0.2) is 0 Å². The normalized spacial score (nSPS) is 7.00. The average Bonchev–Trinajstić information content (AvgIpc) is 1.65. The summed E-state index contributed by atoms with van der Waals surface area (Å²) in [5, 5.41) is 8.61. The van der Waals surface area contributed by atoms with E-state index in [1.54, 1.807) is 0 Å². The second-order valence-corrected chi connectivity index (χ2v) is 3.00. The molecule has 0 saturated heterocycles. The van der Waals surface area contributed by atoms with Crippen LogP contribution in [0.2, 0.25) is 3.67 Å². The number of carboxylic acids is 1. The molecule has 0 unspecified atom stereocenters. The first kappa shape index (κ1) is 11.7. The third-order valence-corrected chi connectivity index (χ3v) is 2.95. The van der Waals surface area contributed by atoms with Gasteiger partial charge in [0.1, 0.15) is 0 Å². The molecule has 0 aromatic rings. The van der Waals surface area contributed by atoms with Crippen LogP contribution in [-0.4, -0.2) is 44.3 Å². The number of hydrogen-bond acceptors (Lipinski definition) is 1. The molecule has 0 saturated carbocycles. The average molecular weight is 191 g/mol. The van der Waals surface area contributed by atoms with Crippen LogP contribution in [0.5, 0.6) is 0 Å². The molecule has 0 aliphatic carbocycles. The molecule has 0 atom stereocenters. The molecule has 0 aromatic carbocycles. The predicted octanol–water partition coefficient (Wildman–Crippen LogP) is 1.06. The number of alkyl halides is 1.